The van der Waals surface area contributed by atoms with Crippen LogP contribution in [0.1, 0.15) is 24.8 Å². The van der Waals surface area contributed by atoms with Gasteiger partial charge in [0.25, 0.3) is 0 Å². The van der Waals surface area contributed by atoms with Crippen molar-refractivity contribution in [3.63, 3.8) is 0 Å². The Labute approximate surface area is 110 Å². The number of carbonyl (C=O) groups excluding carboxylic acids is 1. The Hall–Kier alpha value is -1.91. The van der Waals surface area contributed by atoms with Gasteiger partial charge in [0.05, 0.1) is 0 Å². The Morgan fingerprint density at radius 3 is 2.53 bits per heavy atom. The lowest BCUT2D eigenvalue weighted by molar-refractivity contribution is -0.162. The lowest BCUT2D eigenvalue weighted by Gasteiger charge is -2.35. The Kier molecular flexibility index (Phi) is 3.83. The maximum Gasteiger partial charge on any atom is 0.319 e. The zero-order valence-corrected chi connectivity index (χ0v) is 10.5. The molecule has 0 aromatic heterocycles. The van der Waals surface area contributed by atoms with E-state index in [4.69, 9.17) is 5.11 Å². The molecular weight excluding hydrogens is 249 g/mol. The summed E-state index contributed by atoms with van der Waals surface area (Å²) in [6.07, 6.45) is 1.88. The molecule has 0 heterocycles. The lowest BCUT2D eigenvalue weighted by Crippen LogP contribution is -2.51. The van der Waals surface area contributed by atoms with Crippen molar-refractivity contribution in [2.45, 2.75) is 25.7 Å². The SMILES string of the molecule is O=C(O)C1(C(=O)NCCc2ccccc2F)CCC1. The number of aliphatic carboxylic acids is 1. The van der Waals surface area contributed by atoms with E-state index in [1.165, 1.54) is 6.07 Å². The van der Waals surface area contributed by atoms with Gasteiger partial charge in [-0.2, -0.15) is 0 Å². The van der Waals surface area contributed by atoms with Crippen LogP contribution in [0.15, 0.2) is 24.3 Å². The molecule has 1 aromatic rings. The molecule has 4 nitrogen and oxygen atoms in total. The summed E-state index contributed by atoms with van der Waals surface area (Å²) in [5.41, 5.74) is -0.740. The number of carboxylic acid groups (broad SMARTS) is 1. The number of hydrogen-bond acceptors (Lipinski definition) is 2. The molecule has 1 fully saturated rings. The van der Waals surface area contributed by atoms with Crippen molar-refractivity contribution in [1.82, 2.24) is 5.32 Å². The third-order valence-electron chi connectivity index (χ3n) is 3.69. The van der Waals surface area contributed by atoms with Gasteiger partial charge in [0.15, 0.2) is 0 Å². The molecule has 2 rings (SSSR count). The second-order valence-electron chi connectivity index (χ2n) is 4.84. The number of benzene rings is 1. The molecule has 1 aromatic carbocycles. The van der Waals surface area contributed by atoms with Gasteiger partial charge in [0, 0.05) is 6.54 Å². The van der Waals surface area contributed by atoms with Gasteiger partial charge in [-0.15, -0.1) is 0 Å². The number of halogens is 1. The summed E-state index contributed by atoms with van der Waals surface area (Å²) >= 11 is 0. The zero-order chi connectivity index (χ0) is 13.9. The van der Waals surface area contributed by atoms with E-state index in [-0.39, 0.29) is 12.4 Å². The molecule has 102 valence electrons. The Bertz CT molecular complexity index is 497. The highest BCUT2D eigenvalue weighted by Gasteiger charge is 2.50. The highest BCUT2D eigenvalue weighted by Crippen LogP contribution is 2.41. The van der Waals surface area contributed by atoms with Gasteiger partial charge in [-0.3, -0.25) is 9.59 Å². The second-order valence-corrected chi connectivity index (χ2v) is 4.84. The maximum atomic E-state index is 13.3. The average Bonchev–Trinajstić information content (AvgIpc) is 2.29. The smallest absolute Gasteiger partial charge is 0.319 e. The van der Waals surface area contributed by atoms with Gasteiger partial charge in [-0.05, 0) is 30.9 Å². The minimum absolute atomic E-state index is 0.245. The summed E-state index contributed by atoms with van der Waals surface area (Å²) in [7, 11) is 0. The van der Waals surface area contributed by atoms with Crippen molar-refractivity contribution in [1.29, 1.82) is 0 Å². The molecule has 1 saturated carbocycles. The molecule has 0 aliphatic heterocycles. The van der Waals surface area contributed by atoms with E-state index in [2.05, 4.69) is 5.32 Å². The molecule has 19 heavy (non-hydrogen) atoms. The van der Waals surface area contributed by atoms with Crippen LogP contribution in [0.4, 0.5) is 4.39 Å². The van der Waals surface area contributed by atoms with Crippen LogP contribution in [0.5, 0.6) is 0 Å². The molecule has 0 saturated heterocycles. The van der Waals surface area contributed by atoms with Gasteiger partial charge in [-0.1, -0.05) is 24.6 Å². The third kappa shape index (κ3) is 2.59. The predicted molar refractivity (Wildman–Crippen MR) is 67.0 cm³/mol. The van der Waals surface area contributed by atoms with Crippen LogP contribution in [-0.4, -0.2) is 23.5 Å². The fourth-order valence-corrected chi connectivity index (χ4v) is 2.25. The van der Waals surface area contributed by atoms with E-state index in [1.54, 1.807) is 18.2 Å². The molecule has 1 amide bonds. The Balaban J connectivity index is 1.88. The van der Waals surface area contributed by atoms with Gasteiger partial charge < -0.3 is 10.4 Å². The number of hydrogen-bond donors (Lipinski definition) is 2. The summed E-state index contributed by atoms with van der Waals surface area (Å²) in [6.45, 7) is 0.245. The van der Waals surface area contributed by atoms with Crippen molar-refractivity contribution in [3.05, 3.63) is 35.6 Å². The highest BCUT2D eigenvalue weighted by atomic mass is 19.1. The number of carboxylic acids is 1. The van der Waals surface area contributed by atoms with Gasteiger partial charge in [0.1, 0.15) is 11.2 Å². The van der Waals surface area contributed by atoms with Crippen molar-refractivity contribution in [2.75, 3.05) is 6.54 Å². The van der Waals surface area contributed by atoms with E-state index >= 15 is 0 Å². The first-order chi connectivity index (χ1) is 9.06. The van der Waals surface area contributed by atoms with Crippen LogP contribution in [-0.2, 0) is 16.0 Å². The number of carbonyl (C=O) groups is 2. The standard InChI is InChI=1S/C14H16FNO3/c15-11-5-2-1-4-10(11)6-9-16-12(17)14(13(18)19)7-3-8-14/h1-2,4-5H,3,6-9H2,(H,16,17)(H,18,19). The Morgan fingerprint density at radius 2 is 2.00 bits per heavy atom. The van der Waals surface area contributed by atoms with E-state index < -0.39 is 17.3 Å². The summed E-state index contributed by atoms with van der Waals surface area (Å²) in [5.74, 6) is -1.84. The first kappa shape index (κ1) is 13.5. The fourth-order valence-electron chi connectivity index (χ4n) is 2.25. The fraction of sp³-hybridized carbons (Fsp3) is 0.429. The van der Waals surface area contributed by atoms with Crippen LogP contribution in [0, 0.1) is 11.2 Å². The lowest BCUT2D eigenvalue weighted by atomic mass is 9.68. The molecule has 1 aliphatic carbocycles. The first-order valence-electron chi connectivity index (χ1n) is 6.31. The average molecular weight is 265 g/mol. The largest absolute Gasteiger partial charge is 0.480 e. The van der Waals surface area contributed by atoms with Crippen LogP contribution in [0.25, 0.3) is 0 Å². The molecule has 1 aliphatic rings. The normalized spacial score (nSPS) is 16.5. The van der Waals surface area contributed by atoms with Gasteiger partial charge in [-0.25, -0.2) is 4.39 Å². The van der Waals surface area contributed by atoms with Crippen molar-refractivity contribution < 1.29 is 19.1 Å². The van der Waals surface area contributed by atoms with Gasteiger partial charge >= 0.3 is 5.97 Å². The van der Waals surface area contributed by atoms with E-state index in [0.29, 0.717) is 24.8 Å². The monoisotopic (exact) mass is 265 g/mol. The van der Waals surface area contributed by atoms with Crippen LogP contribution in [0.2, 0.25) is 0 Å². The predicted octanol–water partition coefficient (Wildman–Crippen LogP) is 1.74. The molecule has 0 radical (unpaired) electrons. The summed E-state index contributed by atoms with van der Waals surface area (Å²) < 4.78 is 13.3. The van der Waals surface area contributed by atoms with Crippen LogP contribution in [0.3, 0.4) is 0 Å². The zero-order valence-electron chi connectivity index (χ0n) is 10.5. The van der Waals surface area contributed by atoms with Crippen molar-refractivity contribution >= 4 is 11.9 Å². The Morgan fingerprint density at radius 1 is 1.32 bits per heavy atom. The van der Waals surface area contributed by atoms with E-state index in [9.17, 15) is 14.0 Å². The second kappa shape index (κ2) is 5.38. The maximum absolute atomic E-state index is 13.3. The van der Waals surface area contributed by atoms with Crippen LogP contribution < -0.4 is 5.32 Å². The quantitative estimate of drug-likeness (QED) is 0.797. The number of rotatable bonds is 5. The number of amides is 1. The molecule has 0 spiro atoms. The molecule has 2 N–H and O–H groups in total. The molecule has 0 unspecified atom stereocenters. The van der Waals surface area contributed by atoms with Crippen molar-refractivity contribution in [3.8, 4) is 0 Å². The molecule has 5 heteroatoms. The molecule has 0 bridgehead atoms. The summed E-state index contributed by atoms with van der Waals surface area (Å²) in [6, 6.07) is 6.34. The molecular formula is C14H16FNO3. The highest BCUT2D eigenvalue weighted by molar-refractivity contribution is 6.02. The molecule has 0 atom stereocenters. The first-order valence-corrected chi connectivity index (χ1v) is 6.31. The van der Waals surface area contributed by atoms with Crippen molar-refractivity contribution in [2.24, 2.45) is 5.41 Å². The summed E-state index contributed by atoms with van der Waals surface area (Å²) in [4.78, 5) is 23.0. The van der Waals surface area contributed by atoms with E-state index in [0.717, 1.165) is 6.42 Å². The minimum Gasteiger partial charge on any atom is -0.480 e. The van der Waals surface area contributed by atoms with Crippen LogP contribution >= 0.6 is 0 Å². The van der Waals surface area contributed by atoms with E-state index in [1.807, 2.05) is 0 Å². The summed E-state index contributed by atoms with van der Waals surface area (Å²) in [5, 5.41) is 11.7. The topological polar surface area (TPSA) is 66.4 Å². The van der Waals surface area contributed by atoms with Gasteiger partial charge in [0.2, 0.25) is 5.91 Å². The number of nitrogens with one attached hydrogen (secondary N) is 1. The third-order valence-corrected chi connectivity index (χ3v) is 3.69. The minimum atomic E-state index is -1.25.